The van der Waals surface area contributed by atoms with E-state index in [1.54, 1.807) is 10.9 Å². The Labute approximate surface area is 76.1 Å². The Bertz CT molecular complexity index is 370. The Morgan fingerprint density at radius 3 is 2.62 bits per heavy atom. The molecule has 2 N–H and O–H groups in total. The third-order valence-corrected chi connectivity index (χ3v) is 1.78. The molecule has 4 nitrogen and oxygen atoms in total. The molecule has 0 aliphatic heterocycles. The van der Waals surface area contributed by atoms with E-state index in [9.17, 15) is 0 Å². The maximum Gasteiger partial charge on any atom is 0.0697 e. The van der Waals surface area contributed by atoms with Crippen molar-refractivity contribution in [1.29, 1.82) is 0 Å². The van der Waals surface area contributed by atoms with Gasteiger partial charge in [0.25, 0.3) is 0 Å². The van der Waals surface area contributed by atoms with Crippen LogP contribution in [0.4, 0.5) is 0 Å². The first-order chi connectivity index (χ1) is 5.88. The smallest absolute Gasteiger partial charge is 0.0697 e. The van der Waals surface area contributed by atoms with Crippen molar-refractivity contribution < 1.29 is 5.48 Å². The molecule has 2 aromatic rings. The summed E-state index contributed by atoms with van der Waals surface area (Å²) in [4.78, 5) is 0. The Hall–Kier alpha value is -1.68. The van der Waals surface area contributed by atoms with E-state index in [0.717, 1.165) is 5.69 Å². The van der Waals surface area contributed by atoms with Crippen LogP contribution in [-0.2, 0) is 0 Å². The molecule has 13 heavy (non-hydrogen) atoms. The van der Waals surface area contributed by atoms with E-state index < -0.39 is 0 Å². The third-order valence-electron chi connectivity index (χ3n) is 1.78. The highest BCUT2D eigenvalue weighted by atomic mass is 16.0. The average molecular weight is 177 g/mol. The Morgan fingerprint density at radius 2 is 2.00 bits per heavy atom. The van der Waals surface area contributed by atoms with Crippen molar-refractivity contribution >= 4 is 0 Å². The Kier molecular flexibility index (Phi) is 2.76. The van der Waals surface area contributed by atoms with Crippen molar-refractivity contribution in [2.75, 3.05) is 0 Å². The lowest BCUT2D eigenvalue weighted by Gasteiger charge is -2.02. The highest BCUT2D eigenvalue weighted by Crippen LogP contribution is 2.10. The van der Waals surface area contributed by atoms with Gasteiger partial charge in [0, 0.05) is 0 Å². The molecule has 0 amide bonds. The maximum absolute atomic E-state index is 3.91. The molecule has 4 heteroatoms. The summed E-state index contributed by atoms with van der Waals surface area (Å²) < 4.78 is 1.76. The normalized spacial score (nSPS) is 9.31. The first-order valence-corrected chi connectivity index (χ1v) is 3.80. The molecule has 0 radical (unpaired) electrons. The van der Waals surface area contributed by atoms with Gasteiger partial charge in [-0.05, 0) is 18.6 Å². The van der Waals surface area contributed by atoms with E-state index in [-0.39, 0.29) is 5.48 Å². The number of aryl methyl sites for hydroxylation is 1. The fourth-order valence-electron chi connectivity index (χ4n) is 1.16. The summed E-state index contributed by atoms with van der Waals surface area (Å²) in [6.45, 7) is 2.05. The zero-order chi connectivity index (χ0) is 8.39. The number of hydrogen-bond acceptors (Lipinski definition) is 2. The SMILES string of the molecule is Cc1ccccc1-n1ccnn1.O. The Balaban J connectivity index is 0.000000845. The van der Waals surface area contributed by atoms with Gasteiger partial charge in [0.2, 0.25) is 0 Å². The van der Waals surface area contributed by atoms with E-state index in [1.807, 2.05) is 24.4 Å². The minimum atomic E-state index is 0. The summed E-state index contributed by atoms with van der Waals surface area (Å²) in [5.74, 6) is 0. The van der Waals surface area contributed by atoms with Crippen LogP contribution in [0.25, 0.3) is 5.69 Å². The number of para-hydroxylation sites is 1. The van der Waals surface area contributed by atoms with Crippen molar-refractivity contribution in [3.05, 3.63) is 42.2 Å². The highest BCUT2D eigenvalue weighted by Gasteiger charge is 1.98. The molecule has 0 saturated heterocycles. The molecule has 0 aliphatic carbocycles. The number of aromatic nitrogens is 3. The summed E-state index contributed by atoms with van der Waals surface area (Å²) in [5.41, 5.74) is 2.28. The third kappa shape index (κ3) is 1.73. The molecule has 0 spiro atoms. The highest BCUT2D eigenvalue weighted by molar-refractivity contribution is 5.38. The van der Waals surface area contributed by atoms with Gasteiger partial charge in [0.15, 0.2) is 0 Å². The summed E-state index contributed by atoms with van der Waals surface area (Å²) in [6, 6.07) is 8.07. The van der Waals surface area contributed by atoms with Crippen molar-refractivity contribution in [1.82, 2.24) is 15.0 Å². The lowest BCUT2D eigenvalue weighted by atomic mass is 10.2. The molecule has 0 unspecified atom stereocenters. The predicted octanol–water partition coefficient (Wildman–Crippen LogP) is 0.751. The fraction of sp³-hybridized carbons (Fsp3) is 0.111. The van der Waals surface area contributed by atoms with Crippen molar-refractivity contribution in [2.45, 2.75) is 6.92 Å². The molecule has 0 aliphatic rings. The molecular formula is C9H11N3O. The van der Waals surface area contributed by atoms with Crippen LogP contribution in [0.15, 0.2) is 36.7 Å². The van der Waals surface area contributed by atoms with E-state index in [0.29, 0.717) is 0 Å². The molecule has 2 rings (SSSR count). The van der Waals surface area contributed by atoms with E-state index >= 15 is 0 Å². The van der Waals surface area contributed by atoms with Crippen molar-refractivity contribution in [2.24, 2.45) is 0 Å². The minimum Gasteiger partial charge on any atom is -0.412 e. The lowest BCUT2D eigenvalue weighted by molar-refractivity contribution is 0.798. The molecule has 1 aromatic heterocycles. The largest absolute Gasteiger partial charge is 0.412 e. The quantitative estimate of drug-likeness (QED) is 0.645. The van der Waals surface area contributed by atoms with Crippen LogP contribution in [-0.4, -0.2) is 20.5 Å². The van der Waals surface area contributed by atoms with Crippen molar-refractivity contribution in [3.63, 3.8) is 0 Å². The van der Waals surface area contributed by atoms with Gasteiger partial charge in [-0.15, -0.1) is 5.10 Å². The lowest BCUT2D eigenvalue weighted by Crippen LogP contribution is -1.96. The summed E-state index contributed by atoms with van der Waals surface area (Å²) in [7, 11) is 0. The molecule has 68 valence electrons. The molecule has 1 aromatic carbocycles. The monoisotopic (exact) mass is 177 g/mol. The first-order valence-electron chi connectivity index (χ1n) is 3.80. The molecule has 0 fully saturated rings. The number of benzene rings is 1. The van der Waals surface area contributed by atoms with Gasteiger partial charge in [-0.3, -0.25) is 0 Å². The molecule has 0 bridgehead atoms. The van der Waals surface area contributed by atoms with Gasteiger partial charge in [0.05, 0.1) is 18.1 Å². The van der Waals surface area contributed by atoms with Crippen molar-refractivity contribution in [3.8, 4) is 5.69 Å². The van der Waals surface area contributed by atoms with Crippen LogP contribution in [0.1, 0.15) is 5.56 Å². The Morgan fingerprint density at radius 1 is 1.23 bits per heavy atom. The standard InChI is InChI=1S/C9H9N3.H2O/c1-8-4-2-3-5-9(8)12-7-6-10-11-12;/h2-7H,1H3;1H2. The molecule has 0 saturated carbocycles. The van der Waals surface area contributed by atoms with E-state index in [4.69, 9.17) is 0 Å². The second-order valence-electron chi connectivity index (χ2n) is 2.63. The zero-order valence-corrected chi connectivity index (χ0v) is 7.31. The second-order valence-corrected chi connectivity index (χ2v) is 2.63. The van der Waals surface area contributed by atoms with Gasteiger partial charge < -0.3 is 5.48 Å². The number of nitrogens with zero attached hydrogens (tertiary/aromatic N) is 3. The van der Waals surface area contributed by atoms with Gasteiger partial charge in [-0.1, -0.05) is 23.4 Å². The number of hydrogen-bond donors (Lipinski definition) is 0. The van der Waals surface area contributed by atoms with Crippen LogP contribution in [0.2, 0.25) is 0 Å². The second kappa shape index (κ2) is 3.82. The molecule has 0 atom stereocenters. The van der Waals surface area contributed by atoms with E-state index in [1.165, 1.54) is 5.56 Å². The van der Waals surface area contributed by atoms with Crippen LogP contribution in [0.5, 0.6) is 0 Å². The van der Waals surface area contributed by atoms with Crippen LogP contribution in [0, 0.1) is 6.92 Å². The maximum atomic E-state index is 3.91. The van der Waals surface area contributed by atoms with Gasteiger partial charge in [-0.2, -0.15) is 0 Å². The van der Waals surface area contributed by atoms with Crippen LogP contribution in [0.3, 0.4) is 0 Å². The summed E-state index contributed by atoms with van der Waals surface area (Å²) >= 11 is 0. The first kappa shape index (κ1) is 9.41. The van der Waals surface area contributed by atoms with Crippen LogP contribution >= 0.6 is 0 Å². The number of rotatable bonds is 1. The van der Waals surface area contributed by atoms with Gasteiger partial charge in [0.1, 0.15) is 0 Å². The summed E-state index contributed by atoms with van der Waals surface area (Å²) in [6.07, 6.45) is 3.51. The van der Waals surface area contributed by atoms with E-state index in [2.05, 4.69) is 23.3 Å². The summed E-state index contributed by atoms with van der Waals surface area (Å²) in [5, 5.41) is 7.67. The minimum absolute atomic E-state index is 0. The molecular weight excluding hydrogens is 166 g/mol. The van der Waals surface area contributed by atoms with Gasteiger partial charge >= 0.3 is 0 Å². The average Bonchev–Trinajstić information content (AvgIpc) is 2.57. The van der Waals surface area contributed by atoms with Gasteiger partial charge in [-0.25, -0.2) is 4.68 Å². The fourth-order valence-corrected chi connectivity index (χ4v) is 1.16. The molecule has 1 heterocycles. The topological polar surface area (TPSA) is 62.2 Å². The van der Waals surface area contributed by atoms with Crippen LogP contribution < -0.4 is 0 Å². The predicted molar refractivity (Wildman–Crippen MR) is 49.7 cm³/mol. The zero-order valence-electron chi connectivity index (χ0n) is 7.31.